The highest BCUT2D eigenvalue weighted by molar-refractivity contribution is 6.46. The molecule has 0 aromatic heterocycles. The molecule has 7 heteroatoms. The minimum absolute atomic E-state index is 0.0772. The lowest BCUT2D eigenvalue weighted by Gasteiger charge is -2.26. The molecule has 0 bridgehead atoms. The van der Waals surface area contributed by atoms with Gasteiger partial charge in [0.15, 0.2) is 0 Å². The van der Waals surface area contributed by atoms with Crippen LogP contribution in [0.4, 0.5) is 0 Å². The number of methoxy groups -OCH3 is 1. The van der Waals surface area contributed by atoms with Crippen LogP contribution in [-0.4, -0.2) is 59.9 Å². The van der Waals surface area contributed by atoms with Crippen molar-refractivity contribution in [2.45, 2.75) is 26.3 Å². The molecule has 0 saturated carbocycles. The van der Waals surface area contributed by atoms with E-state index in [1.54, 1.807) is 53.4 Å². The fourth-order valence-electron chi connectivity index (χ4n) is 4.03. The Bertz CT molecular complexity index is 999. The molecule has 1 unspecified atom stereocenters. The predicted molar refractivity (Wildman–Crippen MR) is 126 cm³/mol. The number of benzene rings is 2. The molecule has 1 saturated heterocycles. The maximum Gasteiger partial charge on any atom is 0.295 e. The molecule has 2 aromatic carbocycles. The third kappa shape index (κ3) is 4.97. The molecule has 1 aliphatic heterocycles. The lowest BCUT2D eigenvalue weighted by molar-refractivity contribution is -0.140. The second-order valence-electron chi connectivity index (χ2n) is 7.66. The molecule has 1 heterocycles. The van der Waals surface area contributed by atoms with Crippen LogP contribution in [0.1, 0.15) is 37.4 Å². The molecule has 1 atom stereocenters. The molecule has 1 N–H and O–H groups in total. The summed E-state index contributed by atoms with van der Waals surface area (Å²) in [4.78, 5) is 29.9. The first-order valence-corrected chi connectivity index (χ1v) is 11.2. The molecule has 0 aliphatic carbocycles. The van der Waals surface area contributed by atoms with Crippen molar-refractivity contribution in [2.24, 2.45) is 0 Å². The third-order valence-electron chi connectivity index (χ3n) is 5.84. The number of carbonyl (C=O) groups is 2. The third-order valence-corrected chi connectivity index (χ3v) is 6.09. The first-order valence-electron chi connectivity index (χ1n) is 10.8. The number of rotatable bonds is 9. The van der Waals surface area contributed by atoms with Crippen LogP contribution < -0.4 is 4.74 Å². The molecular formula is C25H29ClN2O4. The smallest absolute Gasteiger partial charge is 0.295 e. The Kier molecular flexibility index (Phi) is 7.94. The quantitative estimate of drug-likeness (QED) is 0.341. The van der Waals surface area contributed by atoms with Gasteiger partial charge in [0.1, 0.15) is 11.5 Å². The fraction of sp³-hybridized carbons (Fsp3) is 0.360. The van der Waals surface area contributed by atoms with Gasteiger partial charge in [-0.25, -0.2) is 0 Å². The van der Waals surface area contributed by atoms with Crippen molar-refractivity contribution in [3.05, 3.63) is 70.3 Å². The summed E-state index contributed by atoms with van der Waals surface area (Å²) in [6.45, 7) is 7.26. The zero-order valence-corrected chi connectivity index (χ0v) is 19.4. The normalized spacial score (nSPS) is 17.9. The lowest BCUT2D eigenvalue weighted by Crippen LogP contribution is -2.33. The zero-order chi connectivity index (χ0) is 23.3. The number of ketones is 1. The van der Waals surface area contributed by atoms with Crippen LogP contribution in [0.15, 0.2) is 54.1 Å². The Morgan fingerprint density at radius 2 is 1.81 bits per heavy atom. The molecular weight excluding hydrogens is 428 g/mol. The molecule has 6 nitrogen and oxygen atoms in total. The van der Waals surface area contributed by atoms with Gasteiger partial charge >= 0.3 is 0 Å². The van der Waals surface area contributed by atoms with Gasteiger partial charge in [-0.05, 0) is 55.9 Å². The van der Waals surface area contributed by atoms with E-state index in [2.05, 4.69) is 18.7 Å². The van der Waals surface area contributed by atoms with Crippen LogP contribution in [0.3, 0.4) is 0 Å². The van der Waals surface area contributed by atoms with Crippen LogP contribution in [0.25, 0.3) is 5.76 Å². The largest absolute Gasteiger partial charge is 0.507 e. The average Bonchev–Trinajstić information content (AvgIpc) is 3.07. The summed E-state index contributed by atoms with van der Waals surface area (Å²) in [6, 6.07) is 13.1. The Morgan fingerprint density at radius 3 is 2.44 bits per heavy atom. The standard InChI is InChI=1S/C25H29ClN2O4/c1-4-27(5-2)14-7-15-28-22(17-10-12-19(26)13-11-17)21(24(30)25(28)31)23(29)18-8-6-9-20(16-18)32-3/h6,8-13,16,22,29H,4-5,7,14-15H2,1-3H3/b23-21-. The van der Waals surface area contributed by atoms with Crippen molar-refractivity contribution >= 4 is 29.1 Å². The molecule has 0 radical (unpaired) electrons. The van der Waals surface area contributed by atoms with E-state index in [1.165, 1.54) is 7.11 Å². The number of carbonyl (C=O) groups excluding carboxylic acids is 2. The van der Waals surface area contributed by atoms with Crippen molar-refractivity contribution in [1.82, 2.24) is 9.80 Å². The van der Waals surface area contributed by atoms with Gasteiger partial charge in [0.25, 0.3) is 11.7 Å². The summed E-state index contributed by atoms with van der Waals surface area (Å²) in [5.74, 6) is -0.957. The van der Waals surface area contributed by atoms with E-state index in [4.69, 9.17) is 16.3 Å². The van der Waals surface area contributed by atoms with Crippen molar-refractivity contribution in [1.29, 1.82) is 0 Å². The average molecular weight is 457 g/mol. The summed E-state index contributed by atoms with van der Waals surface area (Å²) in [7, 11) is 1.53. The fourth-order valence-corrected chi connectivity index (χ4v) is 4.16. The predicted octanol–water partition coefficient (Wildman–Crippen LogP) is 4.50. The molecule has 0 spiro atoms. The number of Topliss-reactive ketones (excluding diaryl/α,β-unsaturated/α-hetero) is 1. The monoisotopic (exact) mass is 456 g/mol. The summed E-state index contributed by atoms with van der Waals surface area (Å²) in [5, 5.41) is 11.7. The Labute approximate surface area is 194 Å². The Morgan fingerprint density at radius 1 is 1.12 bits per heavy atom. The van der Waals surface area contributed by atoms with Crippen LogP contribution in [-0.2, 0) is 9.59 Å². The van der Waals surface area contributed by atoms with E-state index in [0.717, 1.165) is 31.6 Å². The van der Waals surface area contributed by atoms with Gasteiger partial charge in [-0.2, -0.15) is 0 Å². The van der Waals surface area contributed by atoms with Crippen LogP contribution in [0, 0.1) is 0 Å². The van der Waals surface area contributed by atoms with Gasteiger partial charge in [0, 0.05) is 17.1 Å². The number of aliphatic hydroxyl groups is 1. The van der Waals surface area contributed by atoms with Gasteiger partial charge in [0.05, 0.1) is 18.7 Å². The summed E-state index contributed by atoms with van der Waals surface area (Å²) in [5.41, 5.74) is 1.22. The number of likely N-dealkylation sites (tertiary alicyclic amines) is 1. The summed E-state index contributed by atoms with van der Waals surface area (Å²) < 4.78 is 5.24. The van der Waals surface area contributed by atoms with Crippen LogP contribution in [0.2, 0.25) is 5.02 Å². The number of hydrogen-bond donors (Lipinski definition) is 1. The second-order valence-corrected chi connectivity index (χ2v) is 8.09. The van der Waals surface area contributed by atoms with E-state index in [0.29, 0.717) is 22.9 Å². The van der Waals surface area contributed by atoms with E-state index in [-0.39, 0.29) is 11.3 Å². The van der Waals surface area contributed by atoms with Gasteiger partial charge in [-0.15, -0.1) is 0 Å². The first kappa shape index (κ1) is 23.8. The Hall–Kier alpha value is -2.83. The summed E-state index contributed by atoms with van der Waals surface area (Å²) >= 11 is 6.06. The number of ether oxygens (including phenoxy) is 1. The molecule has 2 aromatic rings. The van der Waals surface area contributed by atoms with Crippen molar-refractivity contribution < 1.29 is 19.4 Å². The van der Waals surface area contributed by atoms with Gasteiger partial charge < -0.3 is 19.6 Å². The second kappa shape index (κ2) is 10.7. The van der Waals surface area contributed by atoms with E-state index >= 15 is 0 Å². The van der Waals surface area contributed by atoms with Crippen molar-refractivity contribution in [3.8, 4) is 5.75 Å². The number of hydrogen-bond acceptors (Lipinski definition) is 5. The molecule has 3 rings (SSSR count). The van der Waals surface area contributed by atoms with Crippen molar-refractivity contribution in [3.63, 3.8) is 0 Å². The van der Waals surface area contributed by atoms with Crippen LogP contribution in [0.5, 0.6) is 5.75 Å². The zero-order valence-electron chi connectivity index (χ0n) is 18.7. The highest BCUT2D eigenvalue weighted by Crippen LogP contribution is 2.40. The molecule has 32 heavy (non-hydrogen) atoms. The highest BCUT2D eigenvalue weighted by atomic mass is 35.5. The van der Waals surface area contributed by atoms with Gasteiger partial charge in [0.2, 0.25) is 0 Å². The lowest BCUT2D eigenvalue weighted by atomic mass is 9.95. The minimum atomic E-state index is -0.687. The minimum Gasteiger partial charge on any atom is -0.507 e. The Balaban J connectivity index is 2.03. The van der Waals surface area contributed by atoms with Gasteiger partial charge in [-0.1, -0.05) is 49.7 Å². The van der Waals surface area contributed by atoms with Crippen LogP contribution >= 0.6 is 11.6 Å². The van der Waals surface area contributed by atoms with E-state index in [1.807, 2.05) is 0 Å². The number of amides is 1. The molecule has 1 fully saturated rings. The van der Waals surface area contributed by atoms with Gasteiger partial charge in [-0.3, -0.25) is 9.59 Å². The summed E-state index contributed by atoms with van der Waals surface area (Å²) in [6.07, 6.45) is 0.720. The number of aliphatic hydroxyl groups excluding tert-OH is 1. The molecule has 1 amide bonds. The van der Waals surface area contributed by atoms with E-state index < -0.39 is 17.7 Å². The topological polar surface area (TPSA) is 70.1 Å². The maximum atomic E-state index is 13.1. The SMILES string of the molecule is CCN(CC)CCCN1C(=O)C(=O)/C(=C(\O)c2cccc(OC)c2)C1c1ccc(Cl)cc1. The molecule has 170 valence electrons. The number of nitrogens with zero attached hydrogens (tertiary/aromatic N) is 2. The molecule has 1 aliphatic rings. The first-order chi connectivity index (χ1) is 15.4. The highest BCUT2D eigenvalue weighted by Gasteiger charge is 2.45. The van der Waals surface area contributed by atoms with Crippen molar-refractivity contribution in [2.75, 3.05) is 33.3 Å². The van der Waals surface area contributed by atoms with E-state index in [9.17, 15) is 14.7 Å². The maximum absolute atomic E-state index is 13.1. The number of halogens is 1.